The average molecular weight is 267 g/mol. The number of pyridine rings is 1. The zero-order valence-corrected chi connectivity index (χ0v) is 11.9. The Morgan fingerprint density at radius 1 is 1.30 bits per heavy atom. The summed E-state index contributed by atoms with van der Waals surface area (Å²) in [6, 6.07) is 13.7. The fourth-order valence-electron chi connectivity index (χ4n) is 2.04. The third kappa shape index (κ3) is 3.07. The highest BCUT2D eigenvalue weighted by Gasteiger charge is 2.10. The van der Waals surface area contributed by atoms with Crippen LogP contribution in [0.1, 0.15) is 16.8 Å². The first-order valence-corrected chi connectivity index (χ1v) is 6.36. The number of hydrogen-bond donors (Lipinski definition) is 0. The van der Waals surface area contributed by atoms with E-state index in [-0.39, 0.29) is 0 Å². The van der Waals surface area contributed by atoms with Gasteiger partial charge in [0.1, 0.15) is 17.6 Å². The van der Waals surface area contributed by atoms with Gasteiger partial charge in [0.25, 0.3) is 0 Å². The van der Waals surface area contributed by atoms with Crippen LogP contribution in [0.3, 0.4) is 0 Å². The van der Waals surface area contributed by atoms with Crippen LogP contribution in [-0.4, -0.2) is 19.1 Å². The minimum absolute atomic E-state index is 0.584. The number of aryl methyl sites for hydroxylation is 1. The molecule has 0 aliphatic carbocycles. The van der Waals surface area contributed by atoms with Crippen LogP contribution in [0.5, 0.6) is 5.75 Å². The van der Waals surface area contributed by atoms with Gasteiger partial charge in [-0.3, -0.25) is 0 Å². The third-order valence-electron chi connectivity index (χ3n) is 3.05. The molecule has 1 aromatic heterocycles. The van der Waals surface area contributed by atoms with E-state index in [9.17, 15) is 0 Å². The molecule has 0 spiro atoms. The Morgan fingerprint density at radius 3 is 2.80 bits per heavy atom. The SMILES string of the molecule is COc1cccc(CN(C)c2nc(C)ccc2C#N)c1. The van der Waals surface area contributed by atoms with E-state index in [2.05, 4.69) is 11.1 Å². The van der Waals surface area contributed by atoms with Gasteiger partial charge < -0.3 is 9.64 Å². The third-order valence-corrected chi connectivity index (χ3v) is 3.05. The maximum Gasteiger partial charge on any atom is 0.146 e. The molecule has 0 saturated carbocycles. The molecule has 0 unspecified atom stereocenters. The number of rotatable bonds is 4. The zero-order chi connectivity index (χ0) is 14.5. The predicted molar refractivity (Wildman–Crippen MR) is 78.8 cm³/mol. The first-order valence-electron chi connectivity index (χ1n) is 6.36. The quantitative estimate of drug-likeness (QED) is 0.854. The molecule has 4 heteroatoms. The predicted octanol–water partition coefficient (Wildman–Crippen LogP) is 2.91. The van der Waals surface area contributed by atoms with E-state index in [1.165, 1.54) is 0 Å². The molecule has 0 aliphatic heterocycles. The number of nitriles is 1. The van der Waals surface area contributed by atoms with Gasteiger partial charge in [-0.05, 0) is 36.8 Å². The minimum Gasteiger partial charge on any atom is -0.497 e. The molecular weight excluding hydrogens is 250 g/mol. The number of anilines is 1. The lowest BCUT2D eigenvalue weighted by Gasteiger charge is -2.20. The number of hydrogen-bond acceptors (Lipinski definition) is 4. The molecular formula is C16H17N3O. The highest BCUT2D eigenvalue weighted by molar-refractivity contribution is 5.54. The van der Waals surface area contributed by atoms with Gasteiger partial charge in [-0.1, -0.05) is 12.1 Å². The lowest BCUT2D eigenvalue weighted by molar-refractivity contribution is 0.414. The Morgan fingerprint density at radius 2 is 2.10 bits per heavy atom. The van der Waals surface area contributed by atoms with Gasteiger partial charge in [0.05, 0.1) is 12.7 Å². The van der Waals surface area contributed by atoms with Crippen LogP contribution in [0.4, 0.5) is 5.82 Å². The fraction of sp³-hybridized carbons (Fsp3) is 0.250. The number of benzene rings is 1. The summed E-state index contributed by atoms with van der Waals surface area (Å²) < 4.78 is 5.22. The average Bonchev–Trinajstić information content (AvgIpc) is 2.47. The van der Waals surface area contributed by atoms with Crippen LogP contribution in [0.2, 0.25) is 0 Å². The van der Waals surface area contributed by atoms with Gasteiger partial charge in [-0.25, -0.2) is 4.98 Å². The summed E-state index contributed by atoms with van der Waals surface area (Å²) in [7, 11) is 3.58. The molecule has 0 aliphatic rings. The van der Waals surface area contributed by atoms with Crippen molar-refractivity contribution in [2.45, 2.75) is 13.5 Å². The molecule has 1 aromatic carbocycles. The van der Waals surface area contributed by atoms with Crippen molar-refractivity contribution >= 4 is 5.82 Å². The lowest BCUT2D eigenvalue weighted by atomic mass is 10.2. The van der Waals surface area contributed by atoms with Crippen LogP contribution in [0.25, 0.3) is 0 Å². The summed E-state index contributed by atoms with van der Waals surface area (Å²) in [5.74, 6) is 1.53. The molecule has 4 nitrogen and oxygen atoms in total. The zero-order valence-electron chi connectivity index (χ0n) is 11.9. The summed E-state index contributed by atoms with van der Waals surface area (Å²) in [4.78, 5) is 6.43. The van der Waals surface area contributed by atoms with Gasteiger partial charge in [-0.15, -0.1) is 0 Å². The van der Waals surface area contributed by atoms with Crippen molar-refractivity contribution in [2.75, 3.05) is 19.1 Å². The van der Waals surface area contributed by atoms with Crippen LogP contribution in [0.15, 0.2) is 36.4 Å². The van der Waals surface area contributed by atoms with Crippen molar-refractivity contribution in [1.29, 1.82) is 5.26 Å². The summed E-state index contributed by atoms with van der Waals surface area (Å²) >= 11 is 0. The summed E-state index contributed by atoms with van der Waals surface area (Å²) in [5.41, 5.74) is 2.59. The summed E-state index contributed by atoms with van der Waals surface area (Å²) in [5, 5.41) is 9.17. The molecule has 102 valence electrons. The Bertz CT molecular complexity index is 646. The second-order valence-electron chi connectivity index (χ2n) is 4.64. The monoisotopic (exact) mass is 267 g/mol. The van der Waals surface area contributed by atoms with E-state index in [4.69, 9.17) is 10.00 Å². The fourth-order valence-corrected chi connectivity index (χ4v) is 2.04. The Kier molecular flexibility index (Phi) is 4.21. The first kappa shape index (κ1) is 13.9. The molecule has 0 bridgehead atoms. The summed E-state index contributed by atoms with van der Waals surface area (Å²) in [6.45, 7) is 2.59. The van der Waals surface area contributed by atoms with Crippen molar-refractivity contribution in [3.8, 4) is 11.8 Å². The molecule has 0 saturated heterocycles. The van der Waals surface area contributed by atoms with E-state index >= 15 is 0 Å². The molecule has 2 rings (SSSR count). The topological polar surface area (TPSA) is 49.1 Å². The molecule has 0 atom stereocenters. The van der Waals surface area contributed by atoms with Crippen LogP contribution < -0.4 is 9.64 Å². The number of ether oxygens (including phenoxy) is 1. The van der Waals surface area contributed by atoms with Crippen LogP contribution >= 0.6 is 0 Å². The summed E-state index contributed by atoms with van der Waals surface area (Å²) in [6.07, 6.45) is 0. The van der Waals surface area contributed by atoms with Crippen molar-refractivity contribution in [3.63, 3.8) is 0 Å². The van der Waals surface area contributed by atoms with Crippen molar-refractivity contribution in [3.05, 3.63) is 53.2 Å². The van der Waals surface area contributed by atoms with Crippen LogP contribution in [-0.2, 0) is 6.54 Å². The normalized spacial score (nSPS) is 9.90. The van der Waals surface area contributed by atoms with Gasteiger partial charge >= 0.3 is 0 Å². The molecule has 0 radical (unpaired) electrons. The standard InChI is InChI=1S/C16H17N3O/c1-12-7-8-14(10-17)16(18-12)19(2)11-13-5-4-6-15(9-13)20-3/h4-9H,11H2,1-3H3. The van der Waals surface area contributed by atoms with Gasteiger partial charge in [0.2, 0.25) is 0 Å². The van der Waals surface area contributed by atoms with Gasteiger partial charge in [0, 0.05) is 19.3 Å². The maximum atomic E-state index is 9.17. The highest BCUT2D eigenvalue weighted by Crippen LogP contribution is 2.20. The molecule has 0 fully saturated rings. The second kappa shape index (κ2) is 6.07. The van der Waals surface area contributed by atoms with Crippen molar-refractivity contribution in [1.82, 2.24) is 4.98 Å². The molecule has 20 heavy (non-hydrogen) atoms. The van der Waals surface area contributed by atoms with Crippen molar-refractivity contribution in [2.24, 2.45) is 0 Å². The van der Waals surface area contributed by atoms with Crippen LogP contribution in [0, 0.1) is 18.3 Å². The van der Waals surface area contributed by atoms with Crippen molar-refractivity contribution < 1.29 is 4.74 Å². The minimum atomic E-state index is 0.584. The van der Waals surface area contributed by atoms with Gasteiger partial charge in [0.15, 0.2) is 0 Å². The lowest BCUT2D eigenvalue weighted by Crippen LogP contribution is -2.19. The van der Waals surface area contributed by atoms with E-state index in [0.717, 1.165) is 17.0 Å². The maximum absolute atomic E-state index is 9.17. The van der Waals surface area contributed by atoms with Gasteiger partial charge in [-0.2, -0.15) is 5.26 Å². The second-order valence-corrected chi connectivity index (χ2v) is 4.64. The number of methoxy groups -OCH3 is 1. The van der Waals surface area contributed by atoms with E-state index in [1.807, 2.05) is 49.2 Å². The molecule has 0 N–H and O–H groups in total. The van der Waals surface area contributed by atoms with E-state index in [0.29, 0.717) is 17.9 Å². The Hall–Kier alpha value is -2.54. The first-order chi connectivity index (χ1) is 9.63. The molecule has 0 amide bonds. The Balaban J connectivity index is 2.25. The highest BCUT2D eigenvalue weighted by atomic mass is 16.5. The largest absolute Gasteiger partial charge is 0.497 e. The molecule has 1 heterocycles. The smallest absolute Gasteiger partial charge is 0.146 e. The molecule has 2 aromatic rings. The van der Waals surface area contributed by atoms with E-state index in [1.54, 1.807) is 13.2 Å². The number of nitrogens with zero attached hydrogens (tertiary/aromatic N) is 3. The Labute approximate surface area is 119 Å². The van der Waals surface area contributed by atoms with E-state index < -0.39 is 0 Å². The number of aromatic nitrogens is 1.